The van der Waals surface area contributed by atoms with Gasteiger partial charge in [-0.1, -0.05) is 0 Å². The standard InChI is InChI=1S/C16H23N3O5/c1-16(2,3)24-15(20)18-9-7-17(8-10-18)13-11-12(19(21)22)5-6-14(13)23-4/h5-6,11H,7-10H2,1-4H3. The van der Waals surface area contributed by atoms with Crippen LogP contribution in [0.15, 0.2) is 18.2 Å². The lowest BCUT2D eigenvalue weighted by Gasteiger charge is -2.37. The second-order valence-electron chi connectivity index (χ2n) is 6.57. The maximum absolute atomic E-state index is 12.1. The Morgan fingerprint density at radius 2 is 1.83 bits per heavy atom. The number of anilines is 1. The molecule has 24 heavy (non-hydrogen) atoms. The largest absolute Gasteiger partial charge is 0.495 e. The number of nitro groups is 1. The summed E-state index contributed by atoms with van der Waals surface area (Å²) in [5, 5.41) is 11.0. The Bertz CT molecular complexity index is 619. The predicted octanol–water partition coefficient (Wildman–Crippen LogP) is 2.66. The Morgan fingerprint density at radius 3 is 2.33 bits per heavy atom. The van der Waals surface area contributed by atoms with Crippen LogP contribution in [0.25, 0.3) is 0 Å². The van der Waals surface area contributed by atoms with Gasteiger partial charge in [-0.15, -0.1) is 0 Å². The summed E-state index contributed by atoms with van der Waals surface area (Å²) in [6, 6.07) is 4.51. The third-order valence-electron chi connectivity index (χ3n) is 3.65. The molecule has 1 fully saturated rings. The molecular formula is C16H23N3O5. The summed E-state index contributed by atoms with van der Waals surface area (Å²) in [6.45, 7) is 7.56. The minimum Gasteiger partial charge on any atom is -0.495 e. The van der Waals surface area contributed by atoms with Crippen molar-refractivity contribution in [1.29, 1.82) is 0 Å². The van der Waals surface area contributed by atoms with E-state index in [1.165, 1.54) is 19.2 Å². The molecule has 0 N–H and O–H groups in total. The molecule has 8 heteroatoms. The Kier molecular flexibility index (Phi) is 5.16. The van der Waals surface area contributed by atoms with Crippen LogP contribution in [0.3, 0.4) is 0 Å². The Balaban J connectivity index is 2.08. The van der Waals surface area contributed by atoms with Crippen molar-refractivity contribution in [3.05, 3.63) is 28.3 Å². The van der Waals surface area contributed by atoms with Crippen molar-refractivity contribution in [1.82, 2.24) is 4.90 Å². The smallest absolute Gasteiger partial charge is 0.410 e. The van der Waals surface area contributed by atoms with E-state index in [0.29, 0.717) is 37.6 Å². The van der Waals surface area contributed by atoms with Gasteiger partial charge in [0.2, 0.25) is 0 Å². The third-order valence-corrected chi connectivity index (χ3v) is 3.65. The monoisotopic (exact) mass is 337 g/mol. The summed E-state index contributed by atoms with van der Waals surface area (Å²) in [5.74, 6) is 0.575. The Morgan fingerprint density at radius 1 is 1.21 bits per heavy atom. The molecule has 132 valence electrons. The summed E-state index contributed by atoms with van der Waals surface area (Å²) >= 11 is 0. The molecule has 1 amide bonds. The van der Waals surface area contributed by atoms with Crippen LogP contribution in [-0.4, -0.2) is 54.8 Å². The number of benzene rings is 1. The average Bonchev–Trinajstić information content (AvgIpc) is 2.52. The Labute approximate surface area is 141 Å². The van der Waals surface area contributed by atoms with Crippen LogP contribution in [0.2, 0.25) is 0 Å². The number of methoxy groups -OCH3 is 1. The summed E-state index contributed by atoms with van der Waals surface area (Å²) in [5.41, 5.74) is 0.146. The number of piperazine rings is 1. The van der Waals surface area contributed by atoms with E-state index in [0.717, 1.165) is 0 Å². The average molecular weight is 337 g/mol. The number of nitro benzene ring substituents is 1. The van der Waals surface area contributed by atoms with Gasteiger partial charge in [0.1, 0.15) is 11.4 Å². The van der Waals surface area contributed by atoms with Gasteiger partial charge < -0.3 is 19.3 Å². The second kappa shape index (κ2) is 6.94. The highest BCUT2D eigenvalue weighted by Crippen LogP contribution is 2.32. The first-order valence-corrected chi connectivity index (χ1v) is 7.76. The minimum atomic E-state index is -0.530. The molecule has 2 rings (SSSR count). The van der Waals surface area contributed by atoms with Crippen LogP contribution in [0.1, 0.15) is 20.8 Å². The number of amides is 1. The van der Waals surface area contributed by atoms with Crippen molar-refractivity contribution < 1.29 is 19.2 Å². The van der Waals surface area contributed by atoms with Crippen LogP contribution < -0.4 is 9.64 Å². The van der Waals surface area contributed by atoms with E-state index in [4.69, 9.17) is 9.47 Å². The maximum atomic E-state index is 12.1. The molecular weight excluding hydrogens is 314 g/mol. The summed E-state index contributed by atoms with van der Waals surface area (Å²) < 4.78 is 10.7. The van der Waals surface area contributed by atoms with E-state index in [1.54, 1.807) is 11.0 Å². The molecule has 8 nitrogen and oxygen atoms in total. The number of hydrogen-bond acceptors (Lipinski definition) is 6. The van der Waals surface area contributed by atoms with Gasteiger partial charge in [-0.25, -0.2) is 4.79 Å². The van der Waals surface area contributed by atoms with Gasteiger partial charge in [0.15, 0.2) is 0 Å². The molecule has 1 aliphatic rings. The van der Waals surface area contributed by atoms with E-state index in [-0.39, 0.29) is 11.8 Å². The molecule has 1 saturated heterocycles. The predicted molar refractivity (Wildman–Crippen MR) is 89.7 cm³/mol. The number of carbonyl (C=O) groups is 1. The topological polar surface area (TPSA) is 85.2 Å². The highest BCUT2D eigenvalue weighted by atomic mass is 16.6. The number of rotatable bonds is 3. The van der Waals surface area contributed by atoms with Crippen LogP contribution >= 0.6 is 0 Å². The fourth-order valence-electron chi connectivity index (χ4n) is 2.50. The lowest BCUT2D eigenvalue weighted by Crippen LogP contribution is -2.50. The highest BCUT2D eigenvalue weighted by Gasteiger charge is 2.27. The molecule has 0 saturated carbocycles. The van der Waals surface area contributed by atoms with E-state index >= 15 is 0 Å². The molecule has 1 aromatic rings. The van der Waals surface area contributed by atoms with E-state index in [1.807, 2.05) is 25.7 Å². The van der Waals surface area contributed by atoms with Crippen molar-refractivity contribution in [2.45, 2.75) is 26.4 Å². The first kappa shape index (κ1) is 17.8. The number of carbonyl (C=O) groups excluding carboxylic acids is 1. The van der Waals surface area contributed by atoms with Gasteiger partial charge in [-0.2, -0.15) is 0 Å². The quantitative estimate of drug-likeness (QED) is 0.623. The molecule has 0 radical (unpaired) electrons. The van der Waals surface area contributed by atoms with Crippen molar-refractivity contribution >= 4 is 17.5 Å². The van der Waals surface area contributed by atoms with Crippen molar-refractivity contribution in [2.75, 3.05) is 38.2 Å². The third kappa shape index (κ3) is 4.27. The zero-order valence-corrected chi connectivity index (χ0v) is 14.4. The second-order valence-corrected chi connectivity index (χ2v) is 6.57. The lowest BCUT2D eigenvalue weighted by atomic mass is 10.2. The van der Waals surface area contributed by atoms with Crippen LogP contribution in [0, 0.1) is 10.1 Å². The van der Waals surface area contributed by atoms with E-state index in [2.05, 4.69) is 0 Å². The van der Waals surface area contributed by atoms with Crippen molar-refractivity contribution in [3.8, 4) is 5.75 Å². The molecule has 0 spiro atoms. The highest BCUT2D eigenvalue weighted by molar-refractivity contribution is 5.69. The number of ether oxygens (including phenoxy) is 2. The Hall–Kier alpha value is -2.51. The van der Waals surface area contributed by atoms with Gasteiger partial charge in [-0.3, -0.25) is 10.1 Å². The molecule has 0 aromatic heterocycles. The fourth-order valence-corrected chi connectivity index (χ4v) is 2.50. The van der Waals surface area contributed by atoms with E-state index < -0.39 is 10.5 Å². The van der Waals surface area contributed by atoms with E-state index in [9.17, 15) is 14.9 Å². The van der Waals surface area contributed by atoms with Gasteiger partial charge >= 0.3 is 6.09 Å². The molecule has 0 atom stereocenters. The van der Waals surface area contributed by atoms with Crippen LogP contribution in [0.5, 0.6) is 5.75 Å². The number of hydrogen-bond donors (Lipinski definition) is 0. The lowest BCUT2D eigenvalue weighted by molar-refractivity contribution is -0.384. The number of non-ortho nitro benzene ring substituents is 1. The van der Waals surface area contributed by atoms with Gasteiger partial charge in [0, 0.05) is 38.3 Å². The fraction of sp³-hybridized carbons (Fsp3) is 0.562. The first-order valence-electron chi connectivity index (χ1n) is 7.76. The van der Waals surface area contributed by atoms with Crippen molar-refractivity contribution in [2.24, 2.45) is 0 Å². The zero-order valence-electron chi connectivity index (χ0n) is 14.4. The summed E-state index contributed by atoms with van der Waals surface area (Å²) in [7, 11) is 1.53. The molecule has 0 aliphatic carbocycles. The SMILES string of the molecule is COc1ccc([N+](=O)[O-])cc1N1CCN(C(=O)OC(C)(C)C)CC1. The normalized spacial score (nSPS) is 15.2. The maximum Gasteiger partial charge on any atom is 0.410 e. The van der Waals surface area contributed by atoms with Gasteiger partial charge in [0.25, 0.3) is 5.69 Å². The first-order chi connectivity index (χ1) is 11.2. The molecule has 0 unspecified atom stereocenters. The zero-order chi connectivity index (χ0) is 17.9. The van der Waals surface area contributed by atoms with Crippen LogP contribution in [0.4, 0.5) is 16.2 Å². The summed E-state index contributed by atoms with van der Waals surface area (Å²) in [6.07, 6.45) is -0.340. The van der Waals surface area contributed by atoms with Gasteiger partial charge in [0.05, 0.1) is 17.7 Å². The molecule has 1 aliphatic heterocycles. The summed E-state index contributed by atoms with van der Waals surface area (Å²) in [4.78, 5) is 26.3. The van der Waals surface area contributed by atoms with Crippen molar-refractivity contribution in [3.63, 3.8) is 0 Å². The minimum absolute atomic E-state index is 0.0142. The van der Waals surface area contributed by atoms with Gasteiger partial charge in [-0.05, 0) is 26.8 Å². The van der Waals surface area contributed by atoms with Crippen LogP contribution in [-0.2, 0) is 4.74 Å². The number of nitrogens with zero attached hydrogens (tertiary/aromatic N) is 3. The molecule has 1 heterocycles. The molecule has 0 bridgehead atoms. The molecule has 1 aromatic carbocycles.